The predicted octanol–water partition coefficient (Wildman–Crippen LogP) is 4.63. The number of rotatable bonds is 11. The summed E-state index contributed by atoms with van der Waals surface area (Å²) in [5, 5.41) is 10.4. The number of fused-ring (bicyclic) bond motifs is 1. The predicted molar refractivity (Wildman–Crippen MR) is 149 cm³/mol. The van der Waals surface area contributed by atoms with Gasteiger partial charge in [0, 0.05) is 43.9 Å². The molecule has 1 amide bonds. The molecule has 12 heteroatoms. The number of hydrogen-bond acceptors (Lipinski definition) is 8. The largest absolute Gasteiger partial charge is 0.494 e. The van der Waals surface area contributed by atoms with Gasteiger partial charge in [-0.15, -0.1) is 0 Å². The van der Waals surface area contributed by atoms with E-state index in [9.17, 15) is 13.6 Å². The van der Waals surface area contributed by atoms with Crippen molar-refractivity contribution < 1.29 is 18.3 Å². The summed E-state index contributed by atoms with van der Waals surface area (Å²) in [6.45, 7) is 5.03. The average Bonchev–Trinajstić information content (AvgIpc) is 3.32. The van der Waals surface area contributed by atoms with Crippen LogP contribution in [0.2, 0.25) is 0 Å². The Balaban J connectivity index is 1.72. The van der Waals surface area contributed by atoms with Gasteiger partial charge < -0.3 is 25.2 Å². The van der Waals surface area contributed by atoms with Gasteiger partial charge in [-0.05, 0) is 32.3 Å². The molecule has 0 aliphatic rings. The molecule has 0 unspecified atom stereocenters. The quantitative estimate of drug-likeness (QED) is 0.268. The number of nitrogens with one attached hydrogen (secondary N) is 2. The number of amides is 1. The second-order valence-electron chi connectivity index (χ2n) is 8.97. The third-order valence-electron chi connectivity index (χ3n) is 5.98. The number of benzene rings is 2. The molecule has 0 radical (unpaired) electrons. The molecule has 2 aromatic carbocycles. The highest BCUT2D eigenvalue weighted by molar-refractivity contribution is 6.02. The van der Waals surface area contributed by atoms with E-state index < -0.39 is 6.43 Å². The standard InChI is InChI=1S/C27H30F2N8O2/c1-6-24(38)31-18-15-19(22(39-5)16-21(18)36(4)14-13-35(2)3)32-27-30-12-11-23(33-27)37-20-10-8-7-9-17(20)25(34-37)26(28)29/h6-12,15-16,26H,1,13-14H2,2-5H3,(H,31,38)(H,30,32,33). The molecular weight excluding hydrogens is 506 g/mol. The molecule has 0 aliphatic heterocycles. The Morgan fingerprint density at radius 1 is 1.15 bits per heavy atom. The van der Waals surface area contributed by atoms with Gasteiger partial charge in [0.25, 0.3) is 6.43 Å². The zero-order valence-corrected chi connectivity index (χ0v) is 22.2. The fraction of sp³-hybridized carbons (Fsp3) is 0.259. The number of likely N-dealkylation sites (N-methyl/N-ethyl adjacent to an activating group) is 2. The topological polar surface area (TPSA) is 100 Å². The first-order valence-corrected chi connectivity index (χ1v) is 12.1. The molecule has 2 aromatic heterocycles. The zero-order valence-electron chi connectivity index (χ0n) is 22.2. The Bertz CT molecular complexity index is 1490. The van der Waals surface area contributed by atoms with Crippen LogP contribution in [0.4, 0.5) is 31.8 Å². The Morgan fingerprint density at radius 2 is 1.92 bits per heavy atom. The van der Waals surface area contributed by atoms with Crippen LogP contribution in [0, 0.1) is 0 Å². The third kappa shape index (κ3) is 6.12. The van der Waals surface area contributed by atoms with E-state index in [2.05, 4.69) is 37.2 Å². The van der Waals surface area contributed by atoms with Crippen molar-refractivity contribution in [2.45, 2.75) is 6.43 Å². The number of ether oxygens (including phenoxy) is 1. The highest BCUT2D eigenvalue weighted by Gasteiger charge is 2.20. The van der Waals surface area contributed by atoms with Crippen molar-refractivity contribution in [2.24, 2.45) is 0 Å². The number of para-hydroxylation sites is 1. The number of methoxy groups -OCH3 is 1. The zero-order chi connectivity index (χ0) is 28.1. The lowest BCUT2D eigenvalue weighted by molar-refractivity contribution is -0.111. The number of carbonyl (C=O) groups is 1. The number of aromatic nitrogens is 4. The van der Waals surface area contributed by atoms with E-state index in [1.54, 1.807) is 42.5 Å². The fourth-order valence-corrected chi connectivity index (χ4v) is 3.98. The number of hydrogen-bond donors (Lipinski definition) is 2. The molecule has 0 saturated carbocycles. The van der Waals surface area contributed by atoms with Gasteiger partial charge in [0.2, 0.25) is 11.9 Å². The lowest BCUT2D eigenvalue weighted by Gasteiger charge is -2.26. The van der Waals surface area contributed by atoms with E-state index in [4.69, 9.17) is 4.74 Å². The second-order valence-corrected chi connectivity index (χ2v) is 8.97. The van der Waals surface area contributed by atoms with Gasteiger partial charge in [0.15, 0.2) is 5.82 Å². The molecule has 0 aliphatic carbocycles. The summed E-state index contributed by atoms with van der Waals surface area (Å²) in [7, 11) is 7.42. The van der Waals surface area contributed by atoms with Crippen LogP contribution in [0.1, 0.15) is 12.1 Å². The van der Waals surface area contributed by atoms with Crippen molar-refractivity contribution in [1.82, 2.24) is 24.6 Å². The molecule has 0 atom stereocenters. The fourth-order valence-electron chi connectivity index (χ4n) is 3.98. The van der Waals surface area contributed by atoms with E-state index in [1.165, 1.54) is 24.1 Å². The lowest BCUT2D eigenvalue weighted by atomic mass is 10.2. The number of alkyl halides is 2. The Morgan fingerprint density at radius 3 is 2.62 bits per heavy atom. The minimum atomic E-state index is -2.74. The number of anilines is 4. The van der Waals surface area contributed by atoms with Crippen LogP contribution in [0.5, 0.6) is 5.75 Å². The molecule has 2 N–H and O–H groups in total. The van der Waals surface area contributed by atoms with Crippen molar-refractivity contribution in [3.8, 4) is 11.6 Å². The van der Waals surface area contributed by atoms with E-state index in [0.717, 1.165) is 12.2 Å². The number of nitrogens with zero attached hydrogens (tertiary/aromatic N) is 6. The number of carbonyl (C=O) groups excluding carboxylic acids is 1. The van der Waals surface area contributed by atoms with Gasteiger partial charge in [-0.25, -0.2) is 18.4 Å². The van der Waals surface area contributed by atoms with E-state index >= 15 is 0 Å². The van der Waals surface area contributed by atoms with Crippen LogP contribution in [0.25, 0.3) is 16.7 Å². The Labute approximate surface area is 224 Å². The molecule has 39 heavy (non-hydrogen) atoms. The first kappa shape index (κ1) is 27.5. The summed E-state index contributed by atoms with van der Waals surface area (Å²) < 4.78 is 34.3. The first-order valence-electron chi connectivity index (χ1n) is 12.1. The van der Waals surface area contributed by atoms with Crippen LogP contribution >= 0.6 is 0 Å². The number of halogens is 2. The van der Waals surface area contributed by atoms with E-state index in [1.807, 2.05) is 26.0 Å². The SMILES string of the molecule is C=CC(=O)Nc1cc(Nc2nccc(-n3nc(C(F)F)c4ccccc43)n2)c(OC)cc1N(C)CCN(C)C. The van der Waals surface area contributed by atoms with Gasteiger partial charge in [0.05, 0.1) is 29.7 Å². The van der Waals surface area contributed by atoms with Crippen LogP contribution in [-0.4, -0.2) is 71.9 Å². The first-order chi connectivity index (χ1) is 18.7. The Kier molecular flexibility index (Phi) is 8.35. The minimum Gasteiger partial charge on any atom is -0.494 e. The van der Waals surface area contributed by atoms with Crippen molar-refractivity contribution >= 4 is 39.8 Å². The summed E-state index contributed by atoms with van der Waals surface area (Å²) in [6.07, 6.45) is -0.0481. The van der Waals surface area contributed by atoms with Gasteiger partial charge >= 0.3 is 0 Å². The minimum absolute atomic E-state index is 0.179. The van der Waals surface area contributed by atoms with Crippen molar-refractivity contribution in [2.75, 3.05) is 56.9 Å². The van der Waals surface area contributed by atoms with Gasteiger partial charge in [-0.1, -0.05) is 24.8 Å². The molecule has 10 nitrogen and oxygen atoms in total. The van der Waals surface area contributed by atoms with Crippen molar-refractivity contribution in [3.05, 3.63) is 67.0 Å². The van der Waals surface area contributed by atoms with Crippen LogP contribution in [0.3, 0.4) is 0 Å². The van der Waals surface area contributed by atoms with Gasteiger partial charge in [-0.3, -0.25) is 4.79 Å². The summed E-state index contributed by atoms with van der Waals surface area (Å²) in [5.41, 5.74) is 1.93. The monoisotopic (exact) mass is 536 g/mol. The molecular formula is C27H30F2N8O2. The average molecular weight is 537 g/mol. The Hall–Kier alpha value is -4.58. The van der Waals surface area contributed by atoms with Crippen molar-refractivity contribution in [1.29, 1.82) is 0 Å². The summed E-state index contributed by atoms with van der Waals surface area (Å²) in [4.78, 5) is 25.1. The van der Waals surface area contributed by atoms with E-state index in [0.29, 0.717) is 40.4 Å². The molecule has 0 spiro atoms. The summed E-state index contributed by atoms with van der Waals surface area (Å²) in [6, 6.07) is 11.8. The van der Waals surface area contributed by atoms with E-state index in [-0.39, 0.29) is 17.5 Å². The third-order valence-corrected chi connectivity index (χ3v) is 5.98. The summed E-state index contributed by atoms with van der Waals surface area (Å²) in [5.74, 6) is 0.595. The normalized spacial score (nSPS) is 11.2. The van der Waals surface area contributed by atoms with Crippen LogP contribution in [0.15, 0.2) is 61.3 Å². The maximum Gasteiger partial charge on any atom is 0.282 e. The van der Waals surface area contributed by atoms with Gasteiger partial charge in [-0.2, -0.15) is 10.1 Å². The molecule has 0 fully saturated rings. The lowest BCUT2D eigenvalue weighted by Crippen LogP contribution is -2.29. The highest BCUT2D eigenvalue weighted by atomic mass is 19.3. The van der Waals surface area contributed by atoms with Crippen LogP contribution in [-0.2, 0) is 4.79 Å². The molecule has 0 bridgehead atoms. The maximum absolute atomic E-state index is 13.6. The smallest absolute Gasteiger partial charge is 0.282 e. The highest BCUT2D eigenvalue weighted by Crippen LogP contribution is 2.38. The molecule has 204 valence electrons. The van der Waals surface area contributed by atoms with Crippen molar-refractivity contribution in [3.63, 3.8) is 0 Å². The summed E-state index contributed by atoms with van der Waals surface area (Å²) >= 11 is 0. The molecule has 4 rings (SSSR count). The van der Waals surface area contributed by atoms with Gasteiger partial charge in [0.1, 0.15) is 11.4 Å². The molecule has 2 heterocycles. The maximum atomic E-state index is 13.6. The molecule has 4 aromatic rings. The molecule has 0 saturated heterocycles. The van der Waals surface area contributed by atoms with Crippen LogP contribution < -0.4 is 20.3 Å². The second kappa shape index (κ2) is 11.9.